The first-order valence-corrected chi connectivity index (χ1v) is 7.64. The van der Waals surface area contributed by atoms with E-state index in [1.807, 2.05) is 30.7 Å². The number of ether oxygens (including phenoxy) is 2. The zero-order valence-corrected chi connectivity index (χ0v) is 13.1. The van der Waals surface area contributed by atoms with Crippen molar-refractivity contribution < 1.29 is 9.47 Å². The van der Waals surface area contributed by atoms with Crippen LogP contribution in [0.3, 0.4) is 0 Å². The van der Waals surface area contributed by atoms with Crippen LogP contribution in [0, 0.1) is 0 Å². The second-order valence-electron chi connectivity index (χ2n) is 4.93. The maximum atomic E-state index is 6.26. The molecule has 116 valence electrons. The lowest BCUT2D eigenvalue weighted by Gasteiger charge is -2.22. The Morgan fingerprint density at radius 1 is 1.14 bits per heavy atom. The van der Waals surface area contributed by atoms with Crippen molar-refractivity contribution in [1.29, 1.82) is 0 Å². The molecule has 0 radical (unpaired) electrons. The summed E-state index contributed by atoms with van der Waals surface area (Å²) in [5.41, 5.74) is 8.41. The fraction of sp³-hybridized carbons (Fsp3) is 0.562. The maximum Gasteiger partial charge on any atom is 0.172 e. The van der Waals surface area contributed by atoms with Crippen molar-refractivity contribution in [2.45, 2.75) is 46.1 Å². The average Bonchev–Trinajstić information content (AvgIpc) is 2.85. The minimum atomic E-state index is -0.384. The summed E-state index contributed by atoms with van der Waals surface area (Å²) in [6, 6.07) is 8.01. The van der Waals surface area contributed by atoms with Crippen LogP contribution in [0.1, 0.15) is 26.5 Å². The van der Waals surface area contributed by atoms with E-state index in [-0.39, 0.29) is 12.3 Å². The normalized spacial score (nSPS) is 13.2. The van der Waals surface area contributed by atoms with Crippen LogP contribution in [-0.4, -0.2) is 35.3 Å². The summed E-state index contributed by atoms with van der Waals surface area (Å²) in [7, 11) is 0. The first kappa shape index (κ1) is 15.9. The van der Waals surface area contributed by atoms with Gasteiger partial charge >= 0.3 is 0 Å². The fourth-order valence-corrected chi connectivity index (χ4v) is 2.53. The molecule has 2 aromatic rings. The van der Waals surface area contributed by atoms with Crippen LogP contribution in [0.15, 0.2) is 24.3 Å². The van der Waals surface area contributed by atoms with Crippen LogP contribution >= 0.6 is 0 Å². The highest BCUT2D eigenvalue weighted by atomic mass is 16.7. The van der Waals surface area contributed by atoms with Crippen molar-refractivity contribution in [1.82, 2.24) is 9.78 Å². The number of nitrogens with zero attached hydrogens (tertiary/aromatic N) is 2. The van der Waals surface area contributed by atoms with Crippen LogP contribution in [0.5, 0.6) is 0 Å². The van der Waals surface area contributed by atoms with E-state index in [2.05, 4.69) is 24.2 Å². The molecule has 0 saturated carbocycles. The molecule has 0 bridgehead atoms. The standard InChI is InChI=1S/C16H25N3O2/c1-4-19-15-10-8-7-9-12(15)14(18-19)11-13(17)16(20-5-2)21-6-3/h7-10,13,16H,4-6,11,17H2,1-3H3. The van der Waals surface area contributed by atoms with Crippen LogP contribution < -0.4 is 5.73 Å². The van der Waals surface area contributed by atoms with Gasteiger partial charge in [-0.2, -0.15) is 5.10 Å². The topological polar surface area (TPSA) is 62.3 Å². The van der Waals surface area contributed by atoms with Crippen LogP contribution in [-0.2, 0) is 22.4 Å². The second kappa shape index (κ2) is 7.54. The van der Waals surface area contributed by atoms with E-state index in [9.17, 15) is 0 Å². The summed E-state index contributed by atoms with van der Waals surface area (Å²) in [4.78, 5) is 0. The molecule has 1 atom stereocenters. The quantitative estimate of drug-likeness (QED) is 0.758. The predicted molar refractivity (Wildman–Crippen MR) is 84.1 cm³/mol. The molecule has 1 unspecified atom stereocenters. The van der Waals surface area contributed by atoms with Gasteiger partial charge in [0.15, 0.2) is 6.29 Å². The van der Waals surface area contributed by atoms with Crippen LogP contribution in [0.4, 0.5) is 0 Å². The van der Waals surface area contributed by atoms with Gasteiger partial charge in [0.25, 0.3) is 0 Å². The van der Waals surface area contributed by atoms with Gasteiger partial charge in [-0.25, -0.2) is 0 Å². The second-order valence-corrected chi connectivity index (χ2v) is 4.93. The van der Waals surface area contributed by atoms with Gasteiger partial charge in [-0.05, 0) is 26.8 Å². The third-order valence-electron chi connectivity index (χ3n) is 3.47. The molecule has 5 nitrogen and oxygen atoms in total. The van der Waals surface area contributed by atoms with Crippen molar-refractivity contribution in [2.24, 2.45) is 5.73 Å². The Morgan fingerprint density at radius 2 is 1.81 bits per heavy atom. The Bertz CT molecular complexity index is 562. The van der Waals surface area contributed by atoms with E-state index in [0.29, 0.717) is 19.6 Å². The summed E-state index contributed by atoms with van der Waals surface area (Å²) in [5, 5.41) is 5.83. The van der Waals surface area contributed by atoms with E-state index in [4.69, 9.17) is 15.2 Å². The lowest BCUT2D eigenvalue weighted by Crippen LogP contribution is -2.40. The molecule has 2 rings (SSSR count). The average molecular weight is 291 g/mol. The summed E-state index contributed by atoms with van der Waals surface area (Å²) >= 11 is 0. The Labute approximate surface area is 126 Å². The number of benzene rings is 1. The smallest absolute Gasteiger partial charge is 0.172 e. The zero-order chi connectivity index (χ0) is 15.2. The van der Waals surface area contributed by atoms with Gasteiger partial charge in [-0.3, -0.25) is 4.68 Å². The van der Waals surface area contributed by atoms with Crippen molar-refractivity contribution in [2.75, 3.05) is 13.2 Å². The van der Waals surface area contributed by atoms with Gasteiger partial charge in [0.2, 0.25) is 0 Å². The van der Waals surface area contributed by atoms with Crippen LogP contribution in [0.25, 0.3) is 10.9 Å². The highest BCUT2D eigenvalue weighted by molar-refractivity contribution is 5.82. The van der Waals surface area contributed by atoms with Crippen molar-refractivity contribution in [3.63, 3.8) is 0 Å². The predicted octanol–water partition coefficient (Wildman–Crippen LogP) is 2.33. The van der Waals surface area contributed by atoms with E-state index in [0.717, 1.165) is 23.1 Å². The maximum absolute atomic E-state index is 6.26. The first-order valence-electron chi connectivity index (χ1n) is 7.64. The van der Waals surface area contributed by atoms with Gasteiger partial charge in [0.05, 0.1) is 17.3 Å². The first-order chi connectivity index (χ1) is 10.2. The van der Waals surface area contributed by atoms with Crippen LogP contribution in [0.2, 0.25) is 0 Å². The molecule has 2 N–H and O–H groups in total. The van der Waals surface area contributed by atoms with Crippen molar-refractivity contribution >= 4 is 10.9 Å². The summed E-state index contributed by atoms with van der Waals surface area (Å²) < 4.78 is 13.2. The van der Waals surface area contributed by atoms with Gasteiger partial charge in [0, 0.05) is 31.6 Å². The Balaban J connectivity index is 2.22. The molecule has 21 heavy (non-hydrogen) atoms. The monoisotopic (exact) mass is 291 g/mol. The number of para-hydroxylation sites is 1. The molecule has 0 spiro atoms. The number of aromatic nitrogens is 2. The summed E-state index contributed by atoms with van der Waals surface area (Å²) in [6.07, 6.45) is 0.253. The van der Waals surface area contributed by atoms with Gasteiger partial charge < -0.3 is 15.2 Å². The number of aryl methyl sites for hydroxylation is 1. The van der Waals surface area contributed by atoms with Gasteiger partial charge in [-0.15, -0.1) is 0 Å². The molecule has 0 aliphatic heterocycles. The molecule has 1 aromatic carbocycles. The highest BCUT2D eigenvalue weighted by Crippen LogP contribution is 2.20. The Kier molecular flexibility index (Phi) is 5.73. The number of hydrogen-bond donors (Lipinski definition) is 1. The molecule has 5 heteroatoms. The third-order valence-corrected chi connectivity index (χ3v) is 3.47. The van der Waals surface area contributed by atoms with E-state index in [1.165, 1.54) is 0 Å². The minimum absolute atomic E-state index is 0.228. The molecular weight excluding hydrogens is 266 g/mol. The Hall–Kier alpha value is -1.43. The Morgan fingerprint density at radius 3 is 2.43 bits per heavy atom. The fourth-order valence-electron chi connectivity index (χ4n) is 2.53. The van der Waals surface area contributed by atoms with E-state index >= 15 is 0 Å². The zero-order valence-electron chi connectivity index (χ0n) is 13.1. The lowest BCUT2D eigenvalue weighted by atomic mass is 10.1. The molecule has 0 aliphatic rings. The number of fused-ring (bicyclic) bond motifs is 1. The number of hydrogen-bond acceptors (Lipinski definition) is 4. The summed E-state index contributed by atoms with van der Waals surface area (Å²) in [6.45, 7) is 7.99. The SMILES string of the molecule is CCOC(OCC)C(N)Cc1nn(CC)c2ccccc12. The molecule has 0 aliphatic carbocycles. The molecule has 0 fully saturated rings. The van der Waals surface area contributed by atoms with Crippen molar-refractivity contribution in [3.05, 3.63) is 30.0 Å². The molecule has 0 saturated heterocycles. The van der Waals surface area contributed by atoms with E-state index in [1.54, 1.807) is 0 Å². The largest absolute Gasteiger partial charge is 0.351 e. The number of nitrogens with two attached hydrogens (primary N) is 1. The van der Waals surface area contributed by atoms with Gasteiger partial charge in [-0.1, -0.05) is 18.2 Å². The molecule has 0 amide bonds. The molecular formula is C16H25N3O2. The highest BCUT2D eigenvalue weighted by Gasteiger charge is 2.21. The third kappa shape index (κ3) is 3.61. The lowest BCUT2D eigenvalue weighted by molar-refractivity contribution is -0.148. The molecule has 1 aromatic heterocycles. The number of rotatable bonds is 8. The van der Waals surface area contributed by atoms with Gasteiger partial charge in [0.1, 0.15) is 0 Å². The summed E-state index contributed by atoms with van der Waals surface area (Å²) in [5.74, 6) is 0. The van der Waals surface area contributed by atoms with E-state index < -0.39 is 0 Å². The molecule has 1 heterocycles. The minimum Gasteiger partial charge on any atom is -0.351 e. The van der Waals surface area contributed by atoms with Crippen molar-refractivity contribution in [3.8, 4) is 0 Å².